The van der Waals surface area contributed by atoms with E-state index in [1.807, 2.05) is 0 Å². The molecule has 1 aromatic rings. The van der Waals surface area contributed by atoms with E-state index in [2.05, 4.69) is 22.8 Å². The standard InChI is InChI=1S/C14H19FN2O2S/c15-13-9-11(1-2-12(13)10-20)14(18)16-3-4-17-5-7-19-8-6-17/h1-2,9,20H,3-8,10H2,(H,16,18). The van der Waals surface area contributed by atoms with E-state index in [-0.39, 0.29) is 11.7 Å². The molecule has 6 heteroatoms. The number of morpholine rings is 1. The number of ether oxygens (including phenoxy) is 1. The number of nitrogens with zero attached hydrogens (tertiary/aromatic N) is 1. The topological polar surface area (TPSA) is 41.6 Å². The molecule has 2 rings (SSSR count). The lowest BCUT2D eigenvalue weighted by Gasteiger charge is -2.26. The van der Waals surface area contributed by atoms with Crippen molar-refractivity contribution in [2.75, 3.05) is 39.4 Å². The van der Waals surface area contributed by atoms with Crippen molar-refractivity contribution in [1.29, 1.82) is 0 Å². The Morgan fingerprint density at radius 3 is 2.80 bits per heavy atom. The van der Waals surface area contributed by atoms with Crippen molar-refractivity contribution in [2.45, 2.75) is 5.75 Å². The van der Waals surface area contributed by atoms with Crippen LogP contribution in [0.1, 0.15) is 15.9 Å². The highest BCUT2D eigenvalue weighted by molar-refractivity contribution is 7.79. The van der Waals surface area contributed by atoms with Gasteiger partial charge in [0.15, 0.2) is 0 Å². The lowest BCUT2D eigenvalue weighted by Crippen LogP contribution is -2.41. The third-order valence-electron chi connectivity index (χ3n) is 3.30. The molecule has 0 aliphatic carbocycles. The summed E-state index contributed by atoms with van der Waals surface area (Å²) in [7, 11) is 0. The van der Waals surface area contributed by atoms with Crippen LogP contribution in [0.4, 0.5) is 4.39 Å². The van der Waals surface area contributed by atoms with Crippen molar-refractivity contribution < 1.29 is 13.9 Å². The molecule has 0 atom stereocenters. The van der Waals surface area contributed by atoms with Crippen molar-refractivity contribution in [1.82, 2.24) is 10.2 Å². The third kappa shape index (κ3) is 4.19. The van der Waals surface area contributed by atoms with Crippen LogP contribution < -0.4 is 5.32 Å². The molecule has 0 saturated carbocycles. The van der Waals surface area contributed by atoms with Gasteiger partial charge in [0, 0.05) is 37.5 Å². The predicted molar refractivity (Wildman–Crippen MR) is 78.7 cm³/mol. The molecule has 4 nitrogen and oxygen atoms in total. The zero-order chi connectivity index (χ0) is 14.4. The van der Waals surface area contributed by atoms with E-state index in [4.69, 9.17) is 4.74 Å². The second-order valence-corrected chi connectivity index (χ2v) is 4.99. The smallest absolute Gasteiger partial charge is 0.251 e. The Morgan fingerprint density at radius 2 is 2.15 bits per heavy atom. The highest BCUT2D eigenvalue weighted by atomic mass is 32.1. The molecule has 1 heterocycles. The molecular weight excluding hydrogens is 279 g/mol. The van der Waals surface area contributed by atoms with E-state index >= 15 is 0 Å². The monoisotopic (exact) mass is 298 g/mol. The number of amides is 1. The third-order valence-corrected chi connectivity index (χ3v) is 3.64. The van der Waals surface area contributed by atoms with Crippen LogP contribution >= 0.6 is 12.6 Å². The minimum absolute atomic E-state index is 0.247. The summed E-state index contributed by atoms with van der Waals surface area (Å²) >= 11 is 4.02. The molecule has 1 saturated heterocycles. The first-order chi connectivity index (χ1) is 9.70. The number of benzene rings is 1. The van der Waals surface area contributed by atoms with E-state index in [1.165, 1.54) is 6.07 Å². The Balaban J connectivity index is 1.80. The van der Waals surface area contributed by atoms with Gasteiger partial charge in [0.2, 0.25) is 0 Å². The second kappa shape index (κ2) is 7.61. The molecule has 1 fully saturated rings. The van der Waals surface area contributed by atoms with Crippen molar-refractivity contribution in [3.05, 3.63) is 35.1 Å². The van der Waals surface area contributed by atoms with Crippen LogP contribution in [0.15, 0.2) is 18.2 Å². The minimum Gasteiger partial charge on any atom is -0.379 e. The van der Waals surface area contributed by atoms with Crippen LogP contribution in [-0.2, 0) is 10.5 Å². The molecule has 0 bridgehead atoms. The van der Waals surface area contributed by atoms with Gasteiger partial charge in [-0.25, -0.2) is 4.39 Å². The molecule has 1 aromatic carbocycles. The number of carbonyl (C=O) groups is 1. The Labute approximate surface area is 123 Å². The number of hydrogen-bond acceptors (Lipinski definition) is 4. The summed E-state index contributed by atoms with van der Waals surface area (Å²) in [5, 5.41) is 2.80. The molecule has 0 aromatic heterocycles. The second-order valence-electron chi connectivity index (χ2n) is 4.67. The van der Waals surface area contributed by atoms with Gasteiger partial charge in [-0.3, -0.25) is 9.69 Å². The van der Waals surface area contributed by atoms with E-state index in [1.54, 1.807) is 12.1 Å². The Kier molecular flexibility index (Phi) is 5.82. The van der Waals surface area contributed by atoms with Crippen molar-refractivity contribution >= 4 is 18.5 Å². The molecule has 0 unspecified atom stereocenters. The van der Waals surface area contributed by atoms with Crippen LogP contribution in [0.5, 0.6) is 0 Å². The van der Waals surface area contributed by atoms with Crippen molar-refractivity contribution in [3.8, 4) is 0 Å². The number of thiol groups is 1. The summed E-state index contributed by atoms with van der Waals surface area (Å²) in [5.74, 6) is -0.311. The van der Waals surface area contributed by atoms with Gasteiger partial charge in [-0.2, -0.15) is 12.6 Å². The summed E-state index contributed by atoms with van der Waals surface area (Å²) < 4.78 is 18.8. The fourth-order valence-corrected chi connectivity index (χ4v) is 2.33. The predicted octanol–water partition coefficient (Wildman–Crippen LogP) is 1.32. The SMILES string of the molecule is O=C(NCCN1CCOCC1)c1ccc(CS)c(F)c1. The average molecular weight is 298 g/mol. The van der Waals surface area contributed by atoms with Crippen LogP contribution in [0.25, 0.3) is 0 Å². The van der Waals surface area contributed by atoms with E-state index in [0.29, 0.717) is 23.4 Å². The highest BCUT2D eigenvalue weighted by Crippen LogP contribution is 2.12. The summed E-state index contributed by atoms with van der Waals surface area (Å²) in [5.41, 5.74) is 0.841. The minimum atomic E-state index is -0.388. The molecule has 1 aliphatic heterocycles. The number of carbonyl (C=O) groups excluding carboxylic acids is 1. The first kappa shape index (κ1) is 15.3. The zero-order valence-electron chi connectivity index (χ0n) is 11.3. The van der Waals surface area contributed by atoms with Gasteiger partial charge < -0.3 is 10.1 Å². The Hall–Kier alpha value is -1.11. The molecular formula is C14H19FN2O2S. The number of hydrogen-bond donors (Lipinski definition) is 2. The largest absolute Gasteiger partial charge is 0.379 e. The highest BCUT2D eigenvalue weighted by Gasteiger charge is 2.12. The average Bonchev–Trinajstić information content (AvgIpc) is 2.48. The number of halogens is 1. The lowest BCUT2D eigenvalue weighted by atomic mass is 10.1. The van der Waals surface area contributed by atoms with Gasteiger partial charge in [-0.05, 0) is 17.7 Å². The fourth-order valence-electron chi connectivity index (χ4n) is 2.07. The molecule has 0 radical (unpaired) electrons. The molecule has 1 amide bonds. The van der Waals surface area contributed by atoms with Crippen LogP contribution in [-0.4, -0.2) is 50.2 Å². The quantitative estimate of drug-likeness (QED) is 0.806. The summed E-state index contributed by atoms with van der Waals surface area (Å²) in [6, 6.07) is 4.48. The van der Waals surface area contributed by atoms with Gasteiger partial charge in [-0.1, -0.05) is 6.07 Å². The molecule has 1 aliphatic rings. The van der Waals surface area contributed by atoms with Crippen molar-refractivity contribution in [3.63, 3.8) is 0 Å². The Bertz CT molecular complexity index is 464. The fraction of sp³-hybridized carbons (Fsp3) is 0.500. The van der Waals surface area contributed by atoms with Crippen molar-refractivity contribution in [2.24, 2.45) is 0 Å². The van der Waals surface area contributed by atoms with Crippen LogP contribution in [0.2, 0.25) is 0 Å². The first-order valence-electron chi connectivity index (χ1n) is 6.68. The van der Waals surface area contributed by atoms with Gasteiger partial charge in [0.1, 0.15) is 5.82 Å². The molecule has 0 spiro atoms. The van der Waals surface area contributed by atoms with Crippen LogP contribution in [0.3, 0.4) is 0 Å². The normalized spacial score (nSPS) is 16.1. The maximum Gasteiger partial charge on any atom is 0.251 e. The maximum absolute atomic E-state index is 13.6. The Morgan fingerprint density at radius 1 is 1.40 bits per heavy atom. The maximum atomic E-state index is 13.6. The van der Waals surface area contributed by atoms with Gasteiger partial charge in [0.05, 0.1) is 13.2 Å². The molecule has 1 N–H and O–H groups in total. The zero-order valence-corrected chi connectivity index (χ0v) is 12.2. The van der Waals surface area contributed by atoms with E-state index in [0.717, 1.165) is 32.8 Å². The number of nitrogens with one attached hydrogen (secondary N) is 1. The summed E-state index contributed by atoms with van der Waals surface area (Å²) in [4.78, 5) is 14.1. The van der Waals surface area contributed by atoms with E-state index < -0.39 is 0 Å². The molecule has 20 heavy (non-hydrogen) atoms. The van der Waals surface area contributed by atoms with E-state index in [9.17, 15) is 9.18 Å². The number of rotatable bonds is 5. The van der Waals surface area contributed by atoms with Gasteiger partial charge in [0.25, 0.3) is 5.91 Å². The lowest BCUT2D eigenvalue weighted by molar-refractivity contribution is 0.0383. The summed E-state index contributed by atoms with van der Waals surface area (Å²) in [6.45, 7) is 4.60. The summed E-state index contributed by atoms with van der Waals surface area (Å²) in [6.07, 6.45) is 0. The van der Waals surface area contributed by atoms with Crippen LogP contribution in [0, 0.1) is 5.82 Å². The first-order valence-corrected chi connectivity index (χ1v) is 7.31. The van der Waals surface area contributed by atoms with Gasteiger partial charge >= 0.3 is 0 Å². The van der Waals surface area contributed by atoms with Gasteiger partial charge in [-0.15, -0.1) is 0 Å². The molecule has 110 valence electrons.